The third-order valence-electron chi connectivity index (χ3n) is 24.1. The van der Waals surface area contributed by atoms with Gasteiger partial charge in [-0.15, -0.1) is 0 Å². The largest absolute Gasteiger partial charge is 0.488 e. The minimum Gasteiger partial charge on any atom is -0.423 e. The Kier molecular flexibility index (Phi) is 31.4. The average molecular weight is 2190 g/mol. The molecule has 3 fully saturated rings. The van der Waals surface area contributed by atoms with Crippen LogP contribution in [0.1, 0.15) is 128 Å². The topological polar surface area (TPSA) is 572 Å². The summed E-state index contributed by atoms with van der Waals surface area (Å²) in [5.74, 6) is 7.57. The summed E-state index contributed by atoms with van der Waals surface area (Å²) in [4.78, 5) is 50.3. The summed E-state index contributed by atoms with van der Waals surface area (Å²) in [6.07, 6.45) is 19.1. The number of nitrogens with one attached hydrogen (secondary N) is 4. The highest BCUT2D eigenvalue weighted by Crippen LogP contribution is 2.55. The van der Waals surface area contributed by atoms with Gasteiger partial charge < -0.3 is 50.8 Å². The van der Waals surface area contributed by atoms with Crippen molar-refractivity contribution in [2.75, 3.05) is 27.0 Å². The maximum absolute atomic E-state index is 11.5. The first-order chi connectivity index (χ1) is 68.1. The third kappa shape index (κ3) is 25.4. The van der Waals surface area contributed by atoms with Crippen LogP contribution < -0.4 is 58.2 Å². The molecule has 6 aliphatic rings. The van der Waals surface area contributed by atoms with Crippen LogP contribution in [0.4, 0.5) is 51.7 Å². The molecule has 16 aromatic rings. The average Bonchev–Trinajstić information content (AvgIpc) is 1.59. The van der Waals surface area contributed by atoms with E-state index in [1.54, 1.807) is 85.5 Å². The summed E-state index contributed by atoms with van der Waals surface area (Å²) in [5, 5.41) is 57.0. The number of sulfonamides is 5. The van der Waals surface area contributed by atoms with Gasteiger partial charge in [0.25, 0.3) is 0 Å². The highest BCUT2D eigenvalue weighted by Gasteiger charge is 2.44. The molecule has 11 aromatic heterocycles. The van der Waals surface area contributed by atoms with Crippen LogP contribution in [0.25, 0.3) is 56.7 Å². The van der Waals surface area contributed by atoms with Crippen molar-refractivity contribution in [3.63, 3.8) is 0 Å². The molecule has 3 aliphatic carbocycles. The summed E-state index contributed by atoms with van der Waals surface area (Å²) < 4.78 is 121. The van der Waals surface area contributed by atoms with E-state index in [0.29, 0.717) is 91.7 Å². The molecule has 0 spiro atoms. The number of hydrogen-bond acceptors (Lipinski definition) is 28. The van der Waals surface area contributed by atoms with Crippen molar-refractivity contribution in [1.82, 2.24) is 68.5 Å². The number of aromatic nitrogens is 14. The van der Waals surface area contributed by atoms with Gasteiger partial charge in [0.1, 0.15) is 67.0 Å². The molecule has 143 heavy (non-hydrogen) atoms. The summed E-state index contributed by atoms with van der Waals surface area (Å²) in [6.45, 7) is 6.00. The molecule has 6 unspecified atom stereocenters. The first kappa shape index (κ1) is 103. The van der Waals surface area contributed by atoms with Gasteiger partial charge >= 0.3 is 7.12 Å². The van der Waals surface area contributed by atoms with Gasteiger partial charge in [-0.2, -0.15) is 0 Å². The van der Waals surface area contributed by atoms with Crippen LogP contribution in [0.15, 0.2) is 301 Å². The number of anilines is 9. The second-order valence-corrected chi connectivity index (χ2v) is 44.5. The van der Waals surface area contributed by atoms with Crippen LogP contribution in [0.3, 0.4) is 0 Å². The molecule has 6 bridgehead atoms. The number of fused-ring (bicyclic) bond motifs is 15. The van der Waals surface area contributed by atoms with Crippen LogP contribution in [0, 0.1) is 20.8 Å². The molecule has 3 saturated carbocycles. The molecule has 46 heteroatoms. The molecule has 0 saturated heterocycles. The predicted molar refractivity (Wildman–Crippen MR) is 559 cm³/mol. The Bertz CT molecular complexity index is 7770. The number of rotatable bonds is 19. The van der Waals surface area contributed by atoms with E-state index < -0.39 is 57.2 Å². The Hall–Kier alpha value is -13.0. The van der Waals surface area contributed by atoms with Crippen molar-refractivity contribution in [3.8, 4) is 56.7 Å². The van der Waals surface area contributed by atoms with Gasteiger partial charge in [0.2, 0.25) is 50.1 Å². The van der Waals surface area contributed by atoms with Gasteiger partial charge in [-0.25, -0.2) is 108 Å². The second kappa shape index (κ2) is 43.7. The molecule has 22 rings (SSSR count). The van der Waals surface area contributed by atoms with Crippen LogP contribution in [0.2, 0.25) is 10.0 Å². The lowest BCUT2D eigenvalue weighted by Crippen LogP contribution is -2.29. The predicted octanol–water partition coefficient (Wildman–Crippen LogP) is 16.6. The van der Waals surface area contributed by atoms with E-state index in [4.69, 9.17) is 89.6 Å². The van der Waals surface area contributed by atoms with E-state index in [-0.39, 0.29) is 24.5 Å². The number of primary sulfonamides is 5. The zero-order chi connectivity index (χ0) is 102. The summed E-state index contributed by atoms with van der Waals surface area (Å²) in [7, 11) is -20.0. The molecule has 14 heterocycles. The monoisotopic (exact) mass is 2190 g/mol. The molecule has 36 nitrogen and oxygen atoms in total. The maximum Gasteiger partial charge on any atom is 0.488 e. The Labute approximate surface area is 852 Å². The molecular weight excluding hydrogens is 2100 g/mol. The number of imidazole rings is 3. The van der Waals surface area contributed by atoms with Crippen molar-refractivity contribution in [3.05, 3.63) is 321 Å². The molecule has 0 radical (unpaired) electrons. The molecular formula is C97H95BBr2Cl2N24O12S5. The van der Waals surface area contributed by atoms with Crippen LogP contribution >= 0.6 is 55.1 Å². The first-order valence-electron chi connectivity index (χ1n) is 44.5. The van der Waals surface area contributed by atoms with Crippen LogP contribution in [-0.4, -0.2) is 128 Å². The van der Waals surface area contributed by atoms with E-state index in [1.807, 2.05) is 99.6 Å². The molecule has 0 amide bonds. The lowest BCUT2D eigenvalue weighted by Gasteiger charge is -2.18. The number of nitrogen functional groups attached to an aromatic ring is 1. The maximum atomic E-state index is 11.5. The van der Waals surface area contributed by atoms with Crippen molar-refractivity contribution < 1.29 is 52.1 Å². The second-order valence-electron chi connectivity index (χ2n) is 34.3. The highest BCUT2D eigenvalue weighted by atomic mass is 79.9. The normalized spacial score (nSPS) is 16.4. The fraction of sp³-hybridized carbons (Fsp3) is 0.186. The molecule has 5 aromatic carbocycles. The number of nitrogens with two attached hydrogens (primary N) is 6. The quantitative estimate of drug-likeness (QED) is 0.0203. The number of aryl methyl sites for hydroxylation is 3. The number of hydrogen-bond donors (Lipinski definition) is 12. The van der Waals surface area contributed by atoms with Crippen molar-refractivity contribution in [2.45, 2.75) is 139 Å². The van der Waals surface area contributed by atoms with E-state index in [1.165, 1.54) is 154 Å². The highest BCUT2D eigenvalue weighted by molar-refractivity contribution is 9.10. The van der Waals surface area contributed by atoms with Crippen LogP contribution in [-0.2, 0) is 50.1 Å². The van der Waals surface area contributed by atoms with E-state index in [2.05, 4.69) is 96.7 Å². The van der Waals surface area contributed by atoms with E-state index >= 15 is 0 Å². The van der Waals surface area contributed by atoms with Crippen molar-refractivity contribution in [1.29, 1.82) is 0 Å². The molecule has 3 aliphatic heterocycles. The Morgan fingerprint density at radius 1 is 0.350 bits per heavy atom. The SMILES string of the molecule is Cc1cccc(-c2nc3n(c2-c2ccnc(Nc4ccc(S(N)(=O)=O)cc4)c2)C2CCC3C2)n1.Cc1cccc(-c2nc3n(c2-c2ccnc(Nc4ccc(S(N)(=O)=O)cc4)c2)C2CCC3C2)n1.Cc1cccc(-c2nc3n(c2Br)C2CCC3C2)n1.Clc1ccnc(Br)c1.NS(=O)(=O)c1ccc(Nc2cc(B(O)O)ccn2)cc1.NS(=O)(=O)c1ccc(Nc2cc(Cl)ccn2)cc1.Nc1ccc(S(N)(=O)=O)cc1. The summed E-state index contributed by atoms with van der Waals surface area (Å²) in [5.41, 5.74) is 21.6. The fourth-order valence-corrected chi connectivity index (χ4v) is 21.8. The Morgan fingerprint density at radius 3 is 0.972 bits per heavy atom. The summed E-state index contributed by atoms with van der Waals surface area (Å²) in [6, 6.07) is 67.6. The fourth-order valence-electron chi connectivity index (χ4n) is 17.6. The number of pyridine rings is 8. The standard InChI is InChI=1S/2C25H24N6O2S.C14H14BrN3.C11H12BN3O4S.C11H10ClN3O2S.C6H8N2O2S.C5H3BrClN/c2*1-15-3-2-4-21(28-15)23-24(31-19-8-5-17(13-19)25(31)30-23)16-11-12-27-22(14-16)29-18-6-9-20(10-7-18)34(26,32)33;1-8-3-2-4-11(16-8)12-13(15)18-10-6-5-9(7-10)14(18)17-12;13-20(18,19)10-3-1-9(2-4-10)15-11-7-8(12(16)17)5-6-14-11;12-8-5-6-14-11(7-8)15-9-1-3-10(4-2-9)18(13,16)17;7-5-1-3-6(4-2-5)11(8,9)10;6-5-3-4(7)1-2-8-5/h2*2-4,6-7,9-12,14,17,19H,5,8,13H2,1H3,(H,27,29)(H2,26,32,33);2-4,9-10H,5-7H2,1H3;1-7,16-17H,(H,14,15)(H2,13,18,19);1-7H,(H,14,15)(H2,13,16,17);1-4H,7H2,(H2,8,9,10);1-3H. The number of benzene rings is 5. The number of halogens is 4. The van der Waals surface area contributed by atoms with Gasteiger partial charge in [-0.05, 0) is 334 Å². The Balaban J connectivity index is 0.000000125. The van der Waals surface area contributed by atoms with Gasteiger partial charge in [0, 0.05) is 134 Å². The zero-order valence-corrected chi connectivity index (χ0v) is 85.3. The molecule has 18 N–H and O–H groups in total. The number of nitrogens with zero attached hydrogens (tertiary/aromatic N) is 14. The van der Waals surface area contributed by atoms with Gasteiger partial charge in [0.15, 0.2) is 0 Å². The minimum atomic E-state index is -3.73. The lowest BCUT2D eigenvalue weighted by molar-refractivity contribution is 0.425. The first-order valence-corrected chi connectivity index (χ1v) is 54.6. The summed E-state index contributed by atoms with van der Waals surface area (Å²) >= 11 is 18.3. The van der Waals surface area contributed by atoms with Gasteiger partial charge in [-0.1, -0.05) is 41.4 Å². The molecule has 736 valence electrons. The van der Waals surface area contributed by atoms with Gasteiger partial charge in [-0.3, -0.25) is 15.0 Å². The van der Waals surface area contributed by atoms with Crippen molar-refractivity contribution in [2.24, 2.45) is 25.7 Å². The third-order valence-corrected chi connectivity index (χ3v) is 30.5. The van der Waals surface area contributed by atoms with E-state index in [9.17, 15) is 42.1 Å². The molecule has 6 atom stereocenters. The Morgan fingerprint density at radius 2 is 0.650 bits per heavy atom. The minimum absolute atomic E-state index is 0.00976. The smallest absolute Gasteiger partial charge is 0.423 e. The van der Waals surface area contributed by atoms with E-state index in [0.717, 1.165) is 119 Å². The zero-order valence-electron chi connectivity index (χ0n) is 76.6. The van der Waals surface area contributed by atoms with Crippen molar-refractivity contribution >= 4 is 169 Å². The van der Waals surface area contributed by atoms with Gasteiger partial charge in [0.05, 0.1) is 52.9 Å². The lowest BCUT2D eigenvalue weighted by atomic mass is 9.81. The van der Waals surface area contributed by atoms with Crippen LogP contribution in [0.5, 0.6) is 0 Å².